The van der Waals surface area contributed by atoms with Gasteiger partial charge in [0.25, 0.3) is 0 Å². The van der Waals surface area contributed by atoms with Crippen LogP contribution in [-0.2, 0) is 6.42 Å². The third kappa shape index (κ3) is 13.5. The molecule has 0 unspecified atom stereocenters. The maximum atomic E-state index is 8.07. The molecule has 2 nitrogen and oxygen atoms in total. The Hall–Kier alpha value is -3.46. The van der Waals surface area contributed by atoms with Crippen LogP contribution < -0.4 is 0 Å². The summed E-state index contributed by atoms with van der Waals surface area (Å²) in [5, 5.41) is 8.07. The smallest absolute Gasteiger partial charge is 0.0951 e. The largest absolute Gasteiger partial charge is 0.381 e. The lowest BCUT2D eigenvalue weighted by Gasteiger charge is -1.99. The van der Waals surface area contributed by atoms with Crippen molar-refractivity contribution in [3.8, 4) is 0 Å². The summed E-state index contributed by atoms with van der Waals surface area (Å²) >= 11 is 0. The Morgan fingerprint density at radius 1 is 0.636 bits per heavy atom. The van der Waals surface area contributed by atoms with E-state index in [4.69, 9.17) is 5.11 Å². The van der Waals surface area contributed by atoms with Crippen molar-refractivity contribution in [1.29, 1.82) is 0 Å². The molecular weight excluding hydrogens is 402 g/mol. The van der Waals surface area contributed by atoms with Crippen LogP contribution in [0.25, 0.3) is 24.3 Å². The molecule has 0 aliphatic heterocycles. The summed E-state index contributed by atoms with van der Waals surface area (Å²) in [5.41, 5.74) is 6.07. The number of aryl methyl sites for hydroxylation is 1. The molecule has 3 aromatic rings. The molecule has 0 aliphatic carbocycles. The molecule has 0 bridgehead atoms. The van der Waals surface area contributed by atoms with Crippen molar-refractivity contribution in [2.75, 3.05) is 20.8 Å². The first-order valence-corrected chi connectivity index (χ1v) is 10.9. The van der Waals surface area contributed by atoms with Gasteiger partial charge in [0.2, 0.25) is 0 Å². The van der Waals surface area contributed by atoms with E-state index >= 15 is 0 Å². The maximum Gasteiger partial charge on any atom is 0.0951 e. The Balaban J connectivity index is 0.000000426. The monoisotopic (exact) mass is 441 g/mol. The first kappa shape index (κ1) is 29.5. The van der Waals surface area contributed by atoms with Crippen molar-refractivity contribution in [2.45, 2.75) is 13.3 Å². The molecule has 0 atom stereocenters. The summed E-state index contributed by atoms with van der Waals surface area (Å²) in [5.74, 6) is 0. The molecule has 1 N–H and O–H groups in total. The lowest BCUT2D eigenvalue weighted by molar-refractivity contribution is 0.157. The lowest BCUT2D eigenvalue weighted by Crippen LogP contribution is -2.11. The van der Waals surface area contributed by atoms with E-state index in [1.807, 2.05) is 85.0 Å². The molecule has 2 heteroatoms. The second-order valence-electron chi connectivity index (χ2n) is 7.13. The van der Waals surface area contributed by atoms with Gasteiger partial charge in [-0.05, 0) is 48.3 Å². The summed E-state index contributed by atoms with van der Waals surface area (Å²) in [6.07, 6.45) is 8.48. The third-order valence-corrected chi connectivity index (χ3v) is 4.41. The van der Waals surface area contributed by atoms with E-state index < -0.39 is 0 Å². The summed E-state index contributed by atoms with van der Waals surface area (Å²) in [4.78, 5) is 1.68. The van der Waals surface area contributed by atoms with Crippen LogP contribution in [0.5, 0.6) is 0 Å². The van der Waals surface area contributed by atoms with Crippen LogP contribution in [0.3, 0.4) is 0 Å². The summed E-state index contributed by atoms with van der Waals surface area (Å²) in [6.45, 7) is 17.0. The summed E-state index contributed by atoms with van der Waals surface area (Å²) in [6, 6.07) is 26.4. The molecule has 0 amide bonds. The fourth-order valence-corrected chi connectivity index (χ4v) is 2.53. The Kier molecular flexibility index (Phi) is 17.2. The van der Waals surface area contributed by atoms with Gasteiger partial charge >= 0.3 is 0 Å². The predicted octanol–water partition coefficient (Wildman–Crippen LogP) is 7.69. The van der Waals surface area contributed by atoms with E-state index in [1.54, 1.807) is 19.0 Å². The minimum Gasteiger partial charge on any atom is -0.381 e. The molecule has 0 spiro atoms. The van der Waals surface area contributed by atoms with Crippen LogP contribution in [0.1, 0.15) is 34.7 Å². The molecular formula is C31H39NO. The highest BCUT2D eigenvalue weighted by atomic mass is 16.3. The molecule has 0 aliphatic rings. The molecule has 0 saturated carbocycles. The molecule has 0 heterocycles. The van der Waals surface area contributed by atoms with Crippen molar-refractivity contribution in [2.24, 2.45) is 0 Å². The van der Waals surface area contributed by atoms with E-state index in [-0.39, 0.29) is 6.73 Å². The van der Waals surface area contributed by atoms with Crippen LogP contribution in [0.2, 0.25) is 0 Å². The van der Waals surface area contributed by atoms with Crippen molar-refractivity contribution in [1.82, 2.24) is 4.90 Å². The Morgan fingerprint density at radius 3 is 1.33 bits per heavy atom. The molecule has 3 rings (SSSR count). The minimum atomic E-state index is 0.139. The Labute approximate surface area is 201 Å². The minimum absolute atomic E-state index is 0.139. The molecule has 0 saturated heterocycles. The highest BCUT2D eigenvalue weighted by Crippen LogP contribution is 2.10. The van der Waals surface area contributed by atoms with Crippen molar-refractivity contribution < 1.29 is 5.11 Å². The molecule has 0 aromatic heterocycles. The van der Waals surface area contributed by atoms with Gasteiger partial charge in [0.1, 0.15) is 0 Å². The van der Waals surface area contributed by atoms with Crippen LogP contribution in [0.4, 0.5) is 0 Å². The fourth-order valence-electron chi connectivity index (χ4n) is 2.53. The SMILES string of the molecule is C=Cc1ccccc1.C=Cc1ccccc1C=C.C=Cc1ccccc1CC.CN(C)CO. The van der Waals surface area contributed by atoms with Gasteiger partial charge in [-0.2, -0.15) is 0 Å². The standard InChI is InChI=1S/C10H12.C10H10.C8H8.C3H9NO/c2*1-3-9-7-5-6-8-10(9)4-2;1-2-8-6-4-3-5-7-8;1-4(2)3-5/h3,5-8H,1,4H2,2H3;3-8H,1-2H2;2-7H,1H2;5H,3H2,1-2H3. The molecule has 174 valence electrons. The van der Waals surface area contributed by atoms with E-state index in [1.165, 1.54) is 16.7 Å². The first-order chi connectivity index (χ1) is 16.0. The van der Waals surface area contributed by atoms with Gasteiger partial charge in [-0.3, -0.25) is 4.90 Å². The van der Waals surface area contributed by atoms with Gasteiger partial charge in [0.05, 0.1) is 6.73 Å². The number of hydrogen-bond acceptors (Lipinski definition) is 2. The number of aliphatic hydroxyl groups excluding tert-OH is 1. The normalized spacial score (nSPS) is 9.00. The average molecular weight is 442 g/mol. The average Bonchev–Trinajstić information content (AvgIpc) is 2.89. The summed E-state index contributed by atoms with van der Waals surface area (Å²) < 4.78 is 0. The zero-order valence-electron chi connectivity index (χ0n) is 20.5. The first-order valence-electron chi connectivity index (χ1n) is 10.9. The van der Waals surface area contributed by atoms with E-state index in [9.17, 15) is 0 Å². The highest BCUT2D eigenvalue weighted by molar-refractivity contribution is 5.63. The molecule has 0 fully saturated rings. The van der Waals surface area contributed by atoms with Crippen molar-refractivity contribution >= 4 is 24.3 Å². The topological polar surface area (TPSA) is 23.5 Å². The number of hydrogen-bond donors (Lipinski definition) is 1. The molecule has 33 heavy (non-hydrogen) atoms. The number of aliphatic hydroxyl groups is 1. The quantitative estimate of drug-likeness (QED) is 0.396. The fraction of sp³-hybridized carbons (Fsp3) is 0.161. The third-order valence-electron chi connectivity index (χ3n) is 4.41. The zero-order chi connectivity index (χ0) is 24.9. The summed E-state index contributed by atoms with van der Waals surface area (Å²) in [7, 11) is 3.61. The van der Waals surface area contributed by atoms with Gasteiger partial charge in [0, 0.05) is 0 Å². The zero-order valence-corrected chi connectivity index (χ0v) is 20.5. The highest BCUT2D eigenvalue weighted by Gasteiger charge is 1.92. The van der Waals surface area contributed by atoms with Crippen LogP contribution >= 0.6 is 0 Å². The lowest BCUT2D eigenvalue weighted by atomic mass is 10.1. The van der Waals surface area contributed by atoms with E-state index in [0.717, 1.165) is 17.5 Å². The van der Waals surface area contributed by atoms with Gasteiger partial charge in [-0.15, -0.1) is 0 Å². The maximum absolute atomic E-state index is 8.07. The van der Waals surface area contributed by atoms with Gasteiger partial charge in [-0.25, -0.2) is 0 Å². The van der Waals surface area contributed by atoms with E-state index in [2.05, 4.69) is 51.4 Å². The van der Waals surface area contributed by atoms with Crippen molar-refractivity contribution in [3.63, 3.8) is 0 Å². The number of nitrogens with zero attached hydrogens (tertiary/aromatic N) is 1. The molecule has 3 aromatic carbocycles. The Morgan fingerprint density at radius 2 is 1.03 bits per heavy atom. The van der Waals surface area contributed by atoms with Crippen LogP contribution in [0, 0.1) is 0 Å². The van der Waals surface area contributed by atoms with Gasteiger partial charge < -0.3 is 5.11 Å². The number of benzene rings is 3. The number of rotatable bonds is 6. The Bertz CT molecular complexity index is 915. The molecule has 0 radical (unpaired) electrons. The van der Waals surface area contributed by atoms with Gasteiger partial charge in [0.15, 0.2) is 0 Å². The van der Waals surface area contributed by atoms with Crippen LogP contribution in [0.15, 0.2) is 105 Å². The van der Waals surface area contributed by atoms with Crippen molar-refractivity contribution in [3.05, 3.63) is 133 Å². The van der Waals surface area contributed by atoms with Gasteiger partial charge in [-0.1, -0.05) is 136 Å². The second kappa shape index (κ2) is 19.2. The predicted molar refractivity (Wildman–Crippen MR) is 150 cm³/mol. The van der Waals surface area contributed by atoms with E-state index in [0.29, 0.717) is 0 Å². The van der Waals surface area contributed by atoms with Crippen LogP contribution in [-0.4, -0.2) is 30.8 Å². The second-order valence-corrected chi connectivity index (χ2v) is 7.13.